The molecule has 150 valence electrons. The summed E-state index contributed by atoms with van der Waals surface area (Å²) in [6.45, 7) is 8.62. The normalized spacial score (nSPS) is 15.3. The molecular weight excluding hydrogens is 364 g/mol. The van der Waals surface area contributed by atoms with Crippen molar-refractivity contribution in [2.45, 2.75) is 32.7 Å². The van der Waals surface area contributed by atoms with Gasteiger partial charge in [0.05, 0.1) is 17.8 Å². The van der Waals surface area contributed by atoms with Crippen molar-refractivity contribution in [2.24, 2.45) is 5.92 Å². The van der Waals surface area contributed by atoms with Crippen molar-refractivity contribution in [1.29, 1.82) is 0 Å². The molecule has 29 heavy (non-hydrogen) atoms. The molecule has 1 fully saturated rings. The van der Waals surface area contributed by atoms with Crippen molar-refractivity contribution in [1.82, 2.24) is 19.9 Å². The van der Waals surface area contributed by atoms with Crippen LogP contribution in [0.15, 0.2) is 54.7 Å². The fourth-order valence-corrected chi connectivity index (χ4v) is 3.53. The topological polar surface area (TPSA) is 71.2 Å². The smallest absolute Gasteiger partial charge is 0.309 e. The van der Waals surface area contributed by atoms with Crippen LogP contribution in [0.5, 0.6) is 0 Å². The third kappa shape index (κ3) is 4.22. The van der Waals surface area contributed by atoms with Crippen molar-refractivity contribution >= 4 is 5.97 Å². The van der Waals surface area contributed by atoms with E-state index >= 15 is 0 Å². The molecule has 6 nitrogen and oxygen atoms in total. The summed E-state index contributed by atoms with van der Waals surface area (Å²) >= 11 is 0. The number of benzene rings is 2. The number of nitrogens with zero attached hydrogens (tertiary/aromatic N) is 4. The first kappa shape index (κ1) is 19.3. The molecule has 1 saturated heterocycles. The molecule has 1 aliphatic rings. The maximum Gasteiger partial charge on any atom is 0.309 e. The lowest BCUT2D eigenvalue weighted by molar-refractivity contribution is -0.147. The van der Waals surface area contributed by atoms with Crippen LogP contribution in [-0.2, 0) is 16.8 Å². The first-order valence-corrected chi connectivity index (χ1v) is 9.87. The van der Waals surface area contributed by atoms with E-state index in [0.717, 1.165) is 23.5 Å². The molecule has 1 aliphatic heterocycles. The van der Waals surface area contributed by atoms with Crippen LogP contribution in [0.25, 0.3) is 16.9 Å². The van der Waals surface area contributed by atoms with Gasteiger partial charge in [0.2, 0.25) is 0 Å². The Morgan fingerprint density at radius 3 is 2.31 bits per heavy atom. The fraction of sp³-hybridized carbons (Fsp3) is 0.348. The average Bonchev–Trinajstić information content (AvgIpc) is 3.14. The number of aromatic nitrogens is 3. The molecule has 2 aromatic carbocycles. The highest BCUT2D eigenvalue weighted by atomic mass is 16.4. The molecule has 0 unspecified atom stereocenters. The number of aliphatic carboxylic acids is 1. The zero-order valence-electron chi connectivity index (χ0n) is 17.0. The minimum Gasteiger partial charge on any atom is -0.481 e. The summed E-state index contributed by atoms with van der Waals surface area (Å²) < 4.78 is 1.79. The van der Waals surface area contributed by atoms with Gasteiger partial charge < -0.3 is 5.11 Å². The summed E-state index contributed by atoms with van der Waals surface area (Å²) in [5.41, 5.74) is 5.40. The van der Waals surface area contributed by atoms with E-state index in [1.165, 1.54) is 11.1 Å². The Bertz CT molecular complexity index is 995. The maximum atomic E-state index is 10.9. The van der Waals surface area contributed by atoms with E-state index in [4.69, 9.17) is 5.11 Å². The van der Waals surface area contributed by atoms with Crippen molar-refractivity contribution in [3.8, 4) is 16.9 Å². The summed E-state index contributed by atoms with van der Waals surface area (Å²) in [6, 6.07) is 16.6. The summed E-state index contributed by atoms with van der Waals surface area (Å²) in [4.78, 5) is 13.0. The number of carboxylic acid groups (broad SMARTS) is 1. The number of carboxylic acids is 1. The molecule has 1 N–H and O–H groups in total. The molecule has 2 heterocycles. The molecule has 0 amide bonds. The van der Waals surface area contributed by atoms with Crippen LogP contribution in [0.1, 0.15) is 31.9 Å². The Morgan fingerprint density at radius 2 is 1.72 bits per heavy atom. The highest BCUT2D eigenvalue weighted by molar-refractivity contribution is 5.71. The molecule has 4 rings (SSSR count). The predicted octanol–water partition coefficient (Wildman–Crippen LogP) is 3.75. The van der Waals surface area contributed by atoms with Crippen LogP contribution in [0.3, 0.4) is 0 Å². The molecule has 0 spiro atoms. The molecule has 3 aromatic rings. The lowest BCUT2D eigenvalue weighted by atomic mass is 9.87. The molecule has 0 atom stereocenters. The van der Waals surface area contributed by atoms with Gasteiger partial charge in [0.15, 0.2) is 0 Å². The third-order valence-electron chi connectivity index (χ3n) is 5.45. The Balaban J connectivity index is 1.42. The number of hydrogen-bond donors (Lipinski definition) is 1. The number of rotatable bonds is 5. The lowest BCUT2D eigenvalue weighted by Gasteiger charge is -2.36. The highest BCUT2D eigenvalue weighted by Gasteiger charge is 2.32. The van der Waals surface area contributed by atoms with Gasteiger partial charge in [0.1, 0.15) is 5.69 Å². The van der Waals surface area contributed by atoms with Gasteiger partial charge in [-0.15, -0.1) is 5.10 Å². The van der Waals surface area contributed by atoms with E-state index in [-0.39, 0.29) is 11.3 Å². The van der Waals surface area contributed by atoms with Gasteiger partial charge in [0, 0.05) is 25.2 Å². The molecule has 0 aliphatic carbocycles. The van der Waals surface area contributed by atoms with E-state index in [1.54, 1.807) is 4.68 Å². The highest BCUT2D eigenvalue weighted by Crippen LogP contribution is 2.24. The standard InChI is InChI=1S/C23H26N4O2/c1-23(2,3)19-8-10-20(11-9-19)27-15-21(24-25-27)17-6-4-16(5-7-17)12-26-13-18(14-26)22(28)29/h4-11,15,18H,12-14H2,1-3H3,(H,28,29). The second-order valence-corrected chi connectivity index (χ2v) is 8.77. The van der Waals surface area contributed by atoms with Gasteiger partial charge in [0.25, 0.3) is 0 Å². The Kier molecular flexibility index (Phi) is 4.96. The van der Waals surface area contributed by atoms with Crippen LogP contribution in [0.2, 0.25) is 0 Å². The SMILES string of the molecule is CC(C)(C)c1ccc(-n2cc(-c3ccc(CN4CC(C(=O)O)C4)cc3)nn2)cc1. The molecule has 0 radical (unpaired) electrons. The van der Waals surface area contributed by atoms with E-state index in [1.807, 2.05) is 18.3 Å². The van der Waals surface area contributed by atoms with Crippen molar-refractivity contribution in [2.75, 3.05) is 13.1 Å². The lowest BCUT2D eigenvalue weighted by Crippen LogP contribution is -2.49. The zero-order chi connectivity index (χ0) is 20.6. The van der Waals surface area contributed by atoms with Gasteiger partial charge in [-0.25, -0.2) is 4.68 Å². The predicted molar refractivity (Wildman–Crippen MR) is 112 cm³/mol. The van der Waals surface area contributed by atoms with Crippen LogP contribution in [0, 0.1) is 5.92 Å². The second-order valence-electron chi connectivity index (χ2n) is 8.77. The molecule has 6 heteroatoms. The van der Waals surface area contributed by atoms with E-state index in [9.17, 15) is 4.79 Å². The molecule has 1 aromatic heterocycles. The van der Waals surface area contributed by atoms with Gasteiger partial charge >= 0.3 is 5.97 Å². The third-order valence-corrected chi connectivity index (χ3v) is 5.45. The Labute approximate surface area is 170 Å². The first-order valence-electron chi connectivity index (χ1n) is 9.87. The molecule has 0 bridgehead atoms. The number of likely N-dealkylation sites (tertiary alicyclic amines) is 1. The largest absolute Gasteiger partial charge is 0.481 e. The van der Waals surface area contributed by atoms with Crippen LogP contribution < -0.4 is 0 Å². The Morgan fingerprint density at radius 1 is 1.07 bits per heavy atom. The van der Waals surface area contributed by atoms with Crippen molar-refractivity contribution in [3.05, 3.63) is 65.9 Å². The van der Waals surface area contributed by atoms with Gasteiger partial charge in [-0.2, -0.15) is 0 Å². The van der Waals surface area contributed by atoms with E-state index < -0.39 is 5.97 Å². The quantitative estimate of drug-likeness (QED) is 0.718. The van der Waals surface area contributed by atoms with Crippen LogP contribution in [-0.4, -0.2) is 44.1 Å². The molecule has 0 saturated carbocycles. The van der Waals surface area contributed by atoms with Gasteiger partial charge in [-0.3, -0.25) is 9.69 Å². The number of carbonyl (C=O) groups is 1. The van der Waals surface area contributed by atoms with Gasteiger partial charge in [-0.1, -0.05) is 62.4 Å². The Hall–Kier alpha value is -2.99. The molecular formula is C23H26N4O2. The van der Waals surface area contributed by atoms with E-state index in [0.29, 0.717) is 13.1 Å². The summed E-state index contributed by atoms with van der Waals surface area (Å²) in [7, 11) is 0. The monoisotopic (exact) mass is 390 g/mol. The maximum absolute atomic E-state index is 10.9. The van der Waals surface area contributed by atoms with Crippen LogP contribution >= 0.6 is 0 Å². The fourth-order valence-electron chi connectivity index (χ4n) is 3.53. The summed E-state index contributed by atoms with van der Waals surface area (Å²) in [5, 5.41) is 17.6. The summed E-state index contributed by atoms with van der Waals surface area (Å²) in [5.74, 6) is -0.922. The zero-order valence-corrected chi connectivity index (χ0v) is 17.0. The minimum absolute atomic E-state index is 0.123. The second kappa shape index (κ2) is 7.44. The van der Waals surface area contributed by atoms with Crippen molar-refractivity contribution in [3.63, 3.8) is 0 Å². The van der Waals surface area contributed by atoms with Crippen molar-refractivity contribution < 1.29 is 9.90 Å². The average molecular weight is 390 g/mol. The summed E-state index contributed by atoms with van der Waals surface area (Å²) in [6.07, 6.45) is 1.94. The van der Waals surface area contributed by atoms with Crippen LogP contribution in [0.4, 0.5) is 0 Å². The van der Waals surface area contributed by atoms with E-state index in [2.05, 4.69) is 72.4 Å². The number of hydrogen-bond acceptors (Lipinski definition) is 4. The first-order chi connectivity index (χ1) is 13.8. The minimum atomic E-state index is -0.701. The van der Waals surface area contributed by atoms with Gasteiger partial charge in [-0.05, 0) is 28.7 Å².